The van der Waals surface area contributed by atoms with Gasteiger partial charge in [-0.05, 0) is 17.7 Å². The van der Waals surface area contributed by atoms with Gasteiger partial charge >= 0.3 is 0 Å². The van der Waals surface area contributed by atoms with Crippen LogP contribution in [0.25, 0.3) is 0 Å². The molecule has 0 atom stereocenters. The molecule has 1 rings (SSSR count). The Hall–Kier alpha value is -0.590. The summed E-state index contributed by atoms with van der Waals surface area (Å²) in [6.07, 6.45) is 0. The molecule has 0 aromatic heterocycles. The first-order valence-electron chi connectivity index (χ1n) is 4.22. The molecule has 0 aliphatic carbocycles. The van der Waals surface area contributed by atoms with Crippen LogP contribution in [0.4, 0.5) is 5.69 Å². The van der Waals surface area contributed by atoms with E-state index in [1.54, 1.807) is 25.3 Å². The molecule has 84 valence electrons. The van der Waals surface area contributed by atoms with Crippen LogP contribution in [0.2, 0.25) is 0 Å². The van der Waals surface area contributed by atoms with E-state index >= 15 is 0 Å². The van der Waals surface area contributed by atoms with Gasteiger partial charge in [0.25, 0.3) is 0 Å². The Kier molecular flexibility index (Phi) is 4.56. The third-order valence-electron chi connectivity index (χ3n) is 1.65. The van der Waals surface area contributed by atoms with Crippen molar-refractivity contribution in [3.8, 4) is 0 Å². The number of rotatable bonds is 5. The van der Waals surface area contributed by atoms with Gasteiger partial charge < -0.3 is 4.74 Å². The number of ether oxygens (including phenoxy) is 1. The molecule has 0 saturated heterocycles. The highest BCUT2D eigenvalue weighted by Gasteiger charge is 2.07. The number of nitrogens with one attached hydrogen (secondary N) is 1. The number of alkyl halides is 1. The summed E-state index contributed by atoms with van der Waals surface area (Å²) in [7, 11) is -1.69. The Morgan fingerprint density at radius 2 is 2.20 bits per heavy atom. The third-order valence-corrected chi connectivity index (χ3v) is 4.30. The monoisotopic (exact) mass is 293 g/mol. The van der Waals surface area contributed by atoms with E-state index in [-0.39, 0.29) is 4.66 Å². The summed E-state index contributed by atoms with van der Waals surface area (Å²) in [4.78, 5) is 0. The van der Waals surface area contributed by atoms with E-state index in [4.69, 9.17) is 4.74 Å². The lowest BCUT2D eigenvalue weighted by Gasteiger charge is -2.06. The number of benzene rings is 1. The highest BCUT2D eigenvalue weighted by atomic mass is 79.9. The SMILES string of the molecule is COCc1cccc(NS(=O)(=O)CBr)c1. The molecule has 0 saturated carbocycles. The molecule has 15 heavy (non-hydrogen) atoms. The predicted molar refractivity (Wildman–Crippen MR) is 63.5 cm³/mol. The molecule has 0 spiro atoms. The Morgan fingerprint density at radius 3 is 2.80 bits per heavy atom. The molecular weight excluding hydrogens is 282 g/mol. The Balaban J connectivity index is 2.82. The van der Waals surface area contributed by atoms with Crippen LogP contribution < -0.4 is 4.72 Å². The molecule has 0 radical (unpaired) electrons. The first-order chi connectivity index (χ1) is 7.07. The molecule has 6 heteroatoms. The lowest BCUT2D eigenvalue weighted by Crippen LogP contribution is -2.13. The van der Waals surface area contributed by atoms with Gasteiger partial charge in [-0.2, -0.15) is 0 Å². The van der Waals surface area contributed by atoms with Crippen molar-refractivity contribution in [3.63, 3.8) is 0 Å². The number of sulfonamides is 1. The predicted octanol–water partition coefficient (Wildman–Crippen LogP) is 1.93. The highest BCUT2D eigenvalue weighted by Crippen LogP contribution is 2.13. The van der Waals surface area contributed by atoms with E-state index in [1.165, 1.54) is 0 Å². The van der Waals surface area contributed by atoms with Gasteiger partial charge in [-0.1, -0.05) is 28.1 Å². The van der Waals surface area contributed by atoms with E-state index in [2.05, 4.69) is 20.7 Å². The fraction of sp³-hybridized carbons (Fsp3) is 0.333. The van der Waals surface area contributed by atoms with E-state index in [0.29, 0.717) is 12.3 Å². The van der Waals surface area contributed by atoms with Crippen molar-refractivity contribution < 1.29 is 13.2 Å². The van der Waals surface area contributed by atoms with Crippen molar-refractivity contribution in [2.75, 3.05) is 16.5 Å². The maximum atomic E-state index is 11.2. The largest absolute Gasteiger partial charge is 0.380 e. The van der Waals surface area contributed by atoms with Crippen LogP contribution in [0, 0.1) is 0 Å². The van der Waals surface area contributed by atoms with Gasteiger partial charge in [0.2, 0.25) is 10.0 Å². The van der Waals surface area contributed by atoms with E-state index in [9.17, 15) is 8.42 Å². The summed E-state index contributed by atoms with van der Waals surface area (Å²) >= 11 is 2.90. The minimum Gasteiger partial charge on any atom is -0.380 e. The Labute approximate surface area is 97.8 Å². The van der Waals surface area contributed by atoms with E-state index in [1.807, 2.05) is 6.07 Å². The van der Waals surface area contributed by atoms with Gasteiger partial charge in [0, 0.05) is 12.8 Å². The molecule has 0 aliphatic heterocycles. The minimum atomic E-state index is -3.28. The molecule has 1 aromatic rings. The number of hydrogen-bond donors (Lipinski definition) is 1. The summed E-state index contributed by atoms with van der Waals surface area (Å²) < 4.78 is 29.8. The number of anilines is 1. The second-order valence-electron chi connectivity index (χ2n) is 2.96. The Bertz CT molecular complexity index is 419. The highest BCUT2D eigenvalue weighted by molar-refractivity contribution is 9.10. The normalized spacial score (nSPS) is 11.3. The van der Waals surface area contributed by atoms with Crippen molar-refractivity contribution in [3.05, 3.63) is 29.8 Å². The van der Waals surface area contributed by atoms with Crippen molar-refractivity contribution >= 4 is 31.6 Å². The minimum absolute atomic E-state index is 0.117. The fourth-order valence-corrected chi connectivity index (χ4v) is 1.98. The number of halogens is 1. The summed E-state index contributed by atoms with van der Waals surface area (Å²) in [6, 6.07) is 7.08. The van der Waals surface area contributed by atoms with Crippen LogP contribution in [-0.2, 0) is 21.4 Å². The standard InChI is InChI=1S/C9H12BrNO3S/c1-14-6-8-3-2-4-9(5-8)11-15(12,13)7-10/h2-5,11H,6-7H2,1H3. The zero-order valence-electron chi connectivity index (χ0n) is 8.23. The zero-order chi connectivity index (χ0) is 11.3. The van der Waals surface area contributed by atoms with Crippen molar-refractivity contribution in [2.24, 2.45) is 0 Å². The van der Waals surface area contributed by atoms with Crippen molar-refractivity contribution in [2.45, 2.75) is 6.61 Å². The van der Waals surface area contributed by atoms with Gasteiger partial charge in [0.1, 0.15) is 4.66 Å². The second-order valence-corrected chi connectivity index (χ2v) is 5.98. The smallest absolute Gasteiger partial charge is 0.242 e. The van der Waals surface area contributed by atoms with E-state index in [0.717, 1.165) is 5.56 Å². The van der Waals surface area contributed by atoms with Crippen LogP contribution in [0.15, 0.2) is 24.3 Å². The van der Waals surface area contributed by atoms with Crippen LogP contribution in [-0.4, -0.2) is 20.2 Å². The van der Waals surface area contributed by atoms with Crippen LogP contribution in [0.5, 0.6) is 0 Å². The summed E-state index contributed by atoms with van der Waals surface area (Å²) in [5.74, 6) is 0. The third kappa shape index (κ3) is 4.19. The first kappa shape index (κ1) is 12.5. The fourth-order valence-electron chi connectivity index (χ4n) is 1.10. The second kappa shape index (κ2) is 5.48. The summed E-state index contributed by atoms with van der Waals surface area (Å²) in [5.41, 5.74) is 1.47. The quantitative estimate of drug-likeness (QED) is 0.844. The lowest BCUT2D eigenvalue weighted by molar-refractivity contribution is 0.185. The number of hydrogen-bond acceptors (Lipinski definition) is 3. The molecule has 0 unspecified atom stereocenters. The van der Waals surface area contributed by atoms with Gasteiger partial charge in [-0.25, -0.2) is 8.42 Å². The van der Waals surface area contributed by atoms with Gasteiger partial charge in [0.15, 0.2) is 0 Å². The zero-order valence-corrected chi connectivity index (χ0v) is 10.6. The first-order valence-corrected chi connectivity index (χ1v) is 6.99. The average molecular weight is 294 g/mol. The molecule has 4 nitrogen and oxygen atoms in total. The Morgan fingerprint density at radius 1 is 1.47 bits per heavy atom. The average Bonchev–Trinajstić information content (AvgIpc) is 2.18. The molecular formula is C9H12BrNO3S. The van der Waals surface area contributed by atoms with Gasteiger partial charge in [-0.15, -0.1) is 0 Å². The lowest BCUT2D eigenvalue weighted by atomic mass is 10.2. The molecule has 1 aromatic carbocycles. The van der Waals surface area contributed by atoms with Crippen LogP contribution in [0.3, 0.4) is 0 Å². The van der Waals surface area contributed by atoms with Crippen LogP contribution >= 0.6 is 15.9 Å². The number of methoxy groups -OCH3 is 1. The molecule has 0 aliphatic rings. The molecule has 0 heterocycles. The van der Waals surface area contributed by atoms with Crippen molar-refractivity contribution in [1.82, 2.24) is 0 Å². The molecule has 0 fully saturated rings. The van der Waals surface area contributed by atoms with E-state index < -0.39 is 10.0 Å². The van der Waals surface area contributed by atoms with Gasteiger partial charge in [0.05, 0.1) is 6.61 Å². The molecule has 0 amide bonds. The summed E-state index contributed by atoms with van der Waals surface area (Å²) in [6.45, 7) is 0.462. The van der Waals surface area contributed by atoms with Gasteiger partial charge in [-0.3, -0.25) is 4.72 Å². The topological polar surface area (TPSA) is 55.4 Å². The maximum absolute atomic E-state index is 11.2. The van der Waals surface area contributed by atoms with Crippen LogP contribution in [0.1, 0.15) is 5.56 Å². The maximum Gasteiger partial charge on any atom is 0.242 e. The summed E-state index contributed by atoms with van der Waals surface area (Å²) in [5, 5.41) is 0. The molecule has 0 bridgehead atoms. The molecule has 1 N–H and O–H groups in total. The van der Waals surface area contributed by atoms with Crippen molar-refractivity contribution in [1.29, 1.82) is 0 Å².